The first-order valence-electron chi connectivity index (χ1n) is 10.1. The van der Waals surface area contributed by atoms with E-state index in [1.165, 1.54) is 26.3 Å². The van der Waals surface area contributed by atoms with Crippen LogP contribution in [0.25, 0.3) is 0 Å². The van der Waals surface area contributed by atoms with Gasteiger partial charge in [-0.3, -0.25) is 9.59 Å². The number of hydrogen-bond acceptors (Lipinski definition) is 8. The molecule has 1 fully saturated rings. The molecular weight excluding hydrogens is 392 g/mol. The molecule has 0 saturated carbocycles. The van der Waals surface area contributed by atoms with Gasteiger partial charge in [-0.1, -0.05) is 12.8 Å². The maximum Gasteiger partial charge on any atom is 0.328 e. The number of ether oxygens (including phenoxy) is 4. The fourth-order valence-corrected chi connectivity index (χ4v) is 3.54. The van der Waals surface area contributed by atoms with Crippen LogP contribution in [-0.2, 0) is 19.1 Å². The molecule has 0 aromatic carbocycles. The van der Waals surface area contributed by atoms with Crippen molar-refractivity contribution in [1.29, 1.82) is 0 Å². The number of nitrogens with one attached hydrogen (secondary N) is 1. The fourth-order valence-electron chi connectivity index (χ4n) is 3.54. The normalized spacial score (nSPS) is 22.1. The van der Waals surface area contributed by atoms with Crippen LogP contribution in [0.3, 0.4) is 0 Å². The van der Waals surface area contributed by atoms with E-state index in [-0.39, 0.29) is 23.3 Å². The first-order valence-corrected chi connectivity index (χ1v) is 10.1. The van der Waals surface area contributed by atoms with Crippen molar-refractivity contribution in [3.8, 4) is 11.5 Å². The van der Waals surface area contributed by atoms with E-state index < -0.39 is 23.9 Å². The zero-order valence-electron chi connectivity index (χ0n) is 17.9. The largest absolute Gasteiger partial charge is 0.493 e. The molecule has 0 aliphatic carbocycles. The van der Waals surface area contributed by atoms with Gasteiger partial charge in [0.25, 0.3) is 5.91 Å². The quantitative estimate of drug-likeness (QED) is 0.666. The van der Waals surface area contributed by atoms with Crippen LogP contribution in [-0.4, -0.2) is 55.8 Å². The van der Waals surface area contributed by atoms with E-state index in [2.05, 4.69) is 10.3 Å². The SMILES string of the molecule is COCCC1CCC[C@H](NC(=O)c2nccc(OC)c2OC(C)=O)C(=O)OC(C)C1. The molecule has 9 nitrogen and oxygen atoms in total. The van der Waals surface area contributed by atoms with Crippen LogP contribution in [0.1, 0.15) is 56.4 Å². The summed E-state index contributed by atoms with van der Waals surface area (Å²) in [7, 11) is 3.06. The number of carbonyl (C=O) groups excluding carboxylic acids is 3. The maximum absolute atomic E-state index is 12.9. The van der Waals surface area contributed by atoms with Crippen molar-refractivity contribution in [2.75, 3.05) is 20.8 Å². The third-order valence-electron chi connectivity index (χ3n) is 4.96. The molecule has 0 spiro atoms. The number of nitrogens with zero attached hydrogens (tertiary/aromatic N) is 1. The van der Waals surface area contributed by atoms with Crippen LogP contribution in [0.4, 0.5) is 0 Å². The number of rotatable bonds is 7. The number of aromatic nitrogens is 1. The van der Waals surface area contributed by atoms with Gasteiger partial charge in [-0.05, 0) is 32.1 Å². The summed E-state index contributed by atoms with van der Waals surface area (Å²) in [5, 5.41) is 2.68. The summed E-state index contributed by atoms with van der Waals surface area (Å²) in [4.78, 5) is 40.9. The summed E-state index contributed by atoms with van der Waals surface area (Å²) in [5.41, 5.74) is -0.136. The van der Waals surface area contributed by atoms with Gasteiger partial charge < -0.3 is 24.3 Å². The van der Waals surface area contributed by atoms with Crippen LogP contribution in [0, 0.1) is 5.92 Å². The third kappa shape index (κ3) is 6.69. The Morgan fingerprint density at radius 1 is 1.30 bits per heavy atom. The van der Waals surface area contributed by atoms with Crippen molar-refractivity contribution < 1.29 is 33.3 Å². The molecule has 0 radical (unpaired) electrons. The molecule has 2 unspecified atom stereocenters. The molecule has 166 valence electrons. The highest BCUT2D eigenvalue weighted by Crippen LogP contribution is 2.30. The molecule has 1 aromatic heterocycles. The lowest BCUT2D eigenvalue weighted by atomic mass is 9.92. The molecule has 2 heterocycles. The number of pyridine rings is 1. The van der Waals surface area contributed by atoms with Gasteiger partial charge in [-0.2, -0.15) is 0 Å². The monoisotopic (exact) mass is 422 g/mol. The molecule has 1 aliphatic rings. The Hall–Kier alpha value is -2.68. The van der Waals surface area contributed by atoms with Crippen LogP contribution < -0.4 is 14.8 Å². The molecule has 1 aliphatic heterocycles. The number of cyclic esters (lactones) is 1. The zero-order chi connectivity index (χ0) is 22.1. The van der Waals surface area contributed by atoms with Crippen molar-refractivity contribution in [2.24, 2.45) is 5.92 Å². The van der Waals surface area contributed by atoms with Crippen LogP contribution >= 0.6 is 0 Å². The van der Waals surface area contributed by atoms with E-state index in [0.29, 0.717) is 18.9 Å². The Bertz CT molecular complexity index is 753. The average molecular weight is 422 g/mol. The maximum atomic E-state index is 12.9. The number of amides is 1. The molecule has 1 saturated heterocycles. The molecular formula is C21H30N2O7. The Morgan fingerprint density at radius 2 is 2.07 bits per heavy atom. The summed E-state index contributed by atoms with van der Waals surface area (Å²) in [6, 6.07) is 0.657. The number of esters is 2. The van der Waals surface area contributed by atoms with E-state index >= 15 is 0 Å². The van der Waals surface area contributed by atoms with Gasteiger partial charge in [-0.15, -0.1) is 0 Å². The Labute approximate surface area is 176 Å². The number of hydrogen-bond donors (Lipinski definition) is 1. The lowest BCUT2D eigenvalue weighted by Gasteiger charge is -2.20. The summed E-state index contributed by atoms with van der Waals surface area (Å²) >= 11 is 0. The number of carbonyl (C=O) groups is 3. The second kappa shape index (κ2) is 11.5. The summed E-state index contributed by atoms with van der Waals surface area (Å²) < 4.78 is 21.0. The summed E-state index contributed by atoms with van der Waals surface area (Å²) in [5.74, 6) is -1.26. The first kappa shape index (κ1) is 23.6. The highest BCUT2D eigenvalue weighted by Gasteiger charge is 2.30. The molecule has 30 heavy (non-hydrogen) atoms. The lowest BCUT2D eigenvalue weighted by molar-refractivity contribution is -0.151. The van der Waals surface area contributed by atoms with Crippen LogP contribution in [0.5, 0.6) is 11.5 Å². The standard InChI is InChI=1S/C21H30N2O7/c1-13-12-15(9-11-27-3)6-5-7-16(21(26)29-13)23-20(25)18-19(30-14(2)24)17(28-4)8-10-22-18/h8,10,13,15-16H,5-7,9,11-12H2,1-4H3,(H,23,25)/t13?,15?,16-/m0/s1. The molecule has 1 aromatic rings. The average Bonchev–Trinajstić information content (AvgIpc) is 2.75. The molecule has 3 atom stereocenters. The molecule has 1 N–H and O–H groups in total. The second-order valence-electron chi connectivity index (χ2n) is 7.37. The Kier molecular flexibility index (Phi) is 9.04. The van der Waals surface area contributed by atoms with Crippen molar-refractivity contribution in [3.63, 3.8) is 0 Å². The zero-order valence-corrected chi connectivity index (χ0v) is 17.9. The summed E-state index contributed by atoms with van der Waals surface area (Å²) in [6.07, 6.45) is 4.86. The smallest absolute Gasteiger partial charge is 0.328 e. The van der Waals surface area contributed by atoms with Gasteiger partial charge in [0.2, 0.25) is 5.75 Å². The second-order valence-corrected chi connectivity index (χ2v) is 7.37. The van der Waals surface area contributed by atoms with Crippen LogP contribution in [0.2, 0.25) is 0 Å². The van der Waals surface area contributed by atoms with E-state index in [0.717, 1.165) is 25.7 Å². The van der Waals surface area contributed by atoms with Crippen molar-refractivity contribution >= 4 is 17.8 Å². The Balaban J connectivity index is 2.15. The van der Waals surface area contributed by atoms with Crippen molar-refractivity contribution in [1.82, 2.24) is 10.3 Å². The molecule has 9 heteroatoms. The van der Waals surface area contributed by atoms with Gasteiger partial charge in [0.15, 0.2) is 11.4 Å². The van der Waals surface area contributed by atoms with Gasteiger partial charge >= 0.3 is 11.9 Å². The van der Waals surface area contributed by atoms with Gasteiger partial charge in [0.05, 0.1) is 13.2 Å². The lowest BCUT2D eigenvalue weighted by Crippen LogP contribution is -2.43. The Morgan fingerprint density at radius 3 is 2.73 bits per heavy atom. The minimum Gasteiger partial charge on any atom is -0.493 e. The third-order valence-corrected chi connectivity index (χ3v) is 4.96. The first-order chi connectivity index (χ1) is 14.3. The minimum absolute atomic E-state index is 0.0885. The van der Waals surface area contributed by atoms with Crippen molar-refractivity contribution in [3.05, 3.63) is 18.0 Å². The van der Waals surface area contributed by atoms with E-state index in [1.807, 2.05) is 6.92 Å². The highest BCUT2D eigenvalue weighted by molar-refractivity contribution is 5.98. The van der Waals surface area contributed by atoms with Gasteiger partial charge in [0.1, 0.15) is 6.04 Å². The van der Waals surface area contributed by atoms with Gasteiger partial charge in [0, 0.05) is 32.9 Å². The summed E-state index contributed by atoms with van der Waals surface area (Å²) in [6.45, 7) is 3.72. The van der Waals surface area contributed by atoms with E-state index in [9.17, 15) is 14.4 Å². The minimum atomic E-state index is -0.820. The van der Waals surface area contributed by atoms with Crippen LogP contribution in [0.15, 0.2) is 12.3 Å². The van der Waals surface area contributed by atoms with Crippen molar-refractivity contribution in [2.45, 2.75) is 58.1 Å². The predicted molar refractivity (Wildman–Crippen MR) is 107 cm³/mol. The van der Waals surface area contributed by atoms with E-state index in [1.54, 1.807) is 7.11 Å². The molecule has 0 bridgehead atoms. The fraction of sp³-hybridized carbons (Fsp3) is 0.619. The van der Waals surface area contributed by atoms with Gasteiger partial charge in [-0.25, -0.2) is 9.78 Å². The molecule has 2 rings (SSSR count). The highest BCUT2D eigenvalue weighted by atomic mass is 16.6. The topological polar surface area (TPSA) is 113 Å². The molecule has 1 amide bonds. The van der Waals surface area contributed by atoms with E-state index in [4.69, 9.17) is 18.9 Å². The number of methoxy groups -OCH3 is 2. The predicted octanol–water partition coefficient (Wildman–Crippen LogP) is 2.27.